The second-order valence-corrected chi connectivity index (χ2v) is 9.28. The van der Waals surface area contributed by atoms with Crippen LogP contribution in [0.2, 0.25) is 0 Å². The first kappa shape index (κ1) is 24.5. The van der Waals surface area contributed by atoms with Crippen LogP contribution < -0.4 is 10.6 Å². The predicted octanol–water partition coefficient (Wildman–Crippen LogP) is 1.37. The summed E-state index contributed by atoms with van der Waals surface area (Å²) in [6, 6.07) is 9.17. The highest BCUT2D eigenvalue weighted by Crippen LogP contribution is 2.16. The summed E-state index contributed by atoms with van der Waals surface area (Å²) in [5.41, 5.74) is 0.194. The standard InChI is InChI=1S/C20H25N3O6S2/c1-3-23(4-2)31(27,28)17-9-7-15(8-10-17)20(26)22-13-19(25)29-14-18(24)21-12-16-6-5-11-30-16/h5-11H,3-4,12-14H2,1-2H3,(H,21,24)(H,22,26). The third kappa shape index (κ3) is 7.16. The van der Waals surface area contributed by atoms with E-state index in [4.69, 9.17) is 4.74 Å². The number of nitrogens with one attached hydrogen (secondary N) is 2. The van der Waals surface area contributed by atoms with E-state index in [1.54, 1.807) is 13.8 Å². The molecule has 0 atom stereocenters. The molecule has 9 nitrogen and oxygen atoms in total. The summed E-state index contributed by atoms with van der Waals surface area (Å²) in [5.74, 6) is -1.77. The molecule has 2 rings (SSSR count). The lowest BCUT2D eigenvalue weighted by Gasteiger charge is -2.18. The third-order valence-electron chi connectivity index (χ3n) is 4.26. The Balaban J connectivity index is 1.78. The van der Waals surface area contributed by atoms with Gasteiger partial charge in [-0.25, -0.2) is 8.42 Å². The molecule has 2 aromatic rings. The summed E-state index contributed by atoms with van der Waals surface area (Å²) in [7, 11) is -3.61. The molecule has 2 amide bonds. The van der Waals surface area contributed by atoms with E-state index in [0.717, 1.165) is 4.88 Å². The molecule has 0 saturated carbocycles. The van der Waals surface area contributed by atoms with Gasteiger partial charge in [0.15, 0.2) is 6.61 Å². The molecule has 0 aliphatic rings. The Hall–Kier alpha value is -2.76. The van der Waals surface area contributed by atoms with Gasteiger partial charge in [-0.1, -0.05) is 19.9 Å². The van der Waals surface area contributed by atoms with Crippen molar-refractivity contribution in [2.75, 3.05) is 26.2 Å². The Morgan fingerprint density at radius 2 is 1.71 bits per heavy atom. The van der Waals surface area contributed by atoms with E-state index in [9.17, 15) is 22.8 Å². The zero-order valence-electron chi connectivity index (χ0n) is 17.3. The Morgan fingerprint density at radius 3 is 2.29 bits per heavy atom. The normalized spacial score (nSPS) is 11.2. The fourth-order valence-corrected chi connectivity index (χ4v) is 4.69. The van der Waals surface area contributed by atoms with Gasteiger partial charge >= 0.3 is 5.97 Å². The van der Waals surface area contributed by atoms with Gasteiger partial charge in [0.2, 0.25) is 10.0 Å². The maximum Gasteiger partial charge on any atom is 0.325 e. The van der Waals surface area contributed by atoms with Crippen molar-refractivity contribution in [3.63, 3.8) is 0 Å². The highest BCUT2D eigenvalue weighted by molar-refractivity contribution is 7.89. The number of ether oxygens (including phenoxy) is 1. The molecule has 1 aromatic heterocycles. The lowest BCUT2D eigenvalue weighted by Crippen LogP contribution is -2.33. The quantitative estimate of drug-likeness (QED) is 0.482. The lowest BCUT2D eigenvalue weighted by atomic mass is 10.2. The van der Waals surface area contributed by atoms with Gasteiger partial charge < -0.3 is 15.4 Å². The molecule has 0 spiro atoms. The largest absolute Gasteiger partial charge is 0.454 e. The average molecular weight is 468 g/mol. The van der Waals surface area contributed by atoms with Crippen molar-refractivity contribution in [1.29, 1.82) is 0 Å². The SMILES string of the molecule is CCN(CC)S(=O)(=O)c1ccc(C(=O)NCC(=O)OCC(=O)NCc2cccs2)cc1. The Morgan fingerprint density at radius 1 is 1.03 bits per heavy atom. The second-order valence-electron chi connectivity index (χ2n) is 6.31. The van der Waals surface area contributed by atoms with Crippen molar-refractivity contribution in [1.82, 2.24) is 14.9 Å². The van der Waals surface area contributed by atoms with Gasteiger partial charge in [0.05, 0.1) is 11.4 Å². The maximum absolute atomic E-state index is 12.5. The lowest BCUT2D eigenvalue weighted by molar-refractivity contribution is -0.147. The highest BCUT2D eigenvalue weighted by atomic mass is 32.2. The van der Waals surface area contributed by atoms with E-state index < -0.39 is 41.0 Å². The molecule has 2 N–H and O–H groups in total. The molecular formula is C20H25N3O6S2. The minimum Gasteiger partial charge on any atom is -0.454 e. The third-order valence-corrected chi connectivity index (χ3v) is 7.20. The van der Waals surface area contributed by atoms with Crippen LogP contribution in [0, 0.1) is 0 Å². The van der Waals surface area contributed by atoms with Crippen LogP contribution in [0.25, 0.3) is 0 Å². The molecule has 1 heterocycles. The van der Waals surface area contributed by atoms with Crippen LogP contribution in [0.3, 0.4) is 0 Å². The van der Waals surface area contributed by atoms with E-state index in [0.29, 0.717) is 19.6 Å². The molecule has 0 bridgehead atoms. The first-order valence-electron chi connectivity index (χ1n) is 9.61. The molecular weight excluding hydrogens is 442 g/mol. The van der Waals surface area contributed by atoms with Gasteiger partial charge in [-0.2, -0.15) is 4.31 Å². The van der Waals surface area contributed by atoms with E-state index in [1.807, 2.05) is 17.5 Å². The Labute approximate surface area is 185 Å². The number of hydrogen-bond donors (Lipinski definition) is 2. The number of hydrogen-bond acceptors (Lipinski definition) is 7. The molecule has 0 aliphatic carbocycles. The number of nitrogens with zero attached hydrogens (tertiary/aromatic N) is 1. The van der Waals surface area contributed by atoms with Gasteiger partial charge in [-0.05, 0) is 35.7 Å². The van der Waals surface area contributed by atoms with Crippen molar-refractivity contribution < 1.29 is 27.5 Å². The van der Waals surface area contributed by atoms with Gasteiger partial charge in [0.25, 0.3) is 11.8 Å². The number of thiophene rings is 1. The fourth-order valence-electron chi connectivity index (χ4n) is 2.59. The smallest absolute Gasteiger partial charge is 0.325 e. The summed E-state index contributed by atoms with van der Waals surface area (Å²) in [6.07, 6.45) is 0. The van der Waals surface area contributed by atoms with Gasteiger partial charge in [-0.3, -0.25) is 14.4 Å². The van der Waals surface area contributed by atoms with Crippen molar-refractivity contribution in [2.24, 2.45) is 0 Å². The summed E-state index contributed by atoms with van der Waals surface area (Å²) in [5, 5.41) is 6.89. The maximum atomic E-state index is 12.5. The van der Waals surface area contributed by atoms with Crippen LogP contribution in [0.4, 0.5) is 0 Å². The first-order chi connectivity index (χ1) is 14.8. The molecule has 31 heavy (non-hydrogen) atoms. The molecule has 168 valence electrons. The van der Waals surface area contributed by atoms with Gasteiger partial charge in [0.1, 0.15) is 6.54 Å². The topological polar surface area (TPSA) is 122 Å². The zero-order chi connectivity index (χ0) is 22.9. The monoisotopic (exact) mass is 467 g/mol. The van der Waals surface area contributed by atoms with E-state index in [2.05, 4.69) is 10.6 Å². The van der Waals surface area contributed by atoms with Crippen molar-refractivity contribution >= 4 is 39.1 Å². The Kier molecular flexibility index (Phi) is 9.16. The molecule has 0 unspecified atom stereocenters. The van der Waals surface area contributed by atoms with Crippen LogP contribution in [0.5, 0.6) is 0 Å². The molecule has 0 fully saturated rings. The van der Waals surface area contributed by atoms with Gasteiger partial charge in [0, 0.05) is 23.5 Å². The minimum atomic E-state index is -3.61. The van der Waals surface area contributed by atoms with Crippen LogP contribution in [-0.4, -0.2) is 56.7 Å². The molecule has 0 aliphatic heterocycles. The van der Waals surface area contributed by atoms with Crippen LogP contribution in [0.1, 0.15) is 29.1 Å². The molecule has 1 aromatic carbocycles. The van der Waals surface area contributed by atoms with Crippen molar-refractivity contribution in [2.45, 2.75) is 25.3 Å². The first-order valence-corrected chi connectivity index (χ1v) is 11.9. The van der Waals surface area contributed by atoms with Gasteiger partial charge in [-0.15, -0.1) is 11.3 Å². The molecule has 11 heteroatoms. The van der Waals surface area contributed by atoms with E-state index in [-0.39, 0.29) is 10.5 Å². The summed E-state index contributed by atoms with van der Waals surface area (Å²) < 4.78 is 31.1. The predicted molar refractivity (Wildman–Crippen MR) is 116 cm³/mol. The average Bonchev–Trinajstić information content (AvgIpc) is 3.29. The van der Waals surface area contributed by atoms with Crippen molar-refractivity contribution in [3.05, 3.63) is 52.2 Å². The van der Waals surface area contributed by atoms with E-state index in [1.165, 1.54) is 39.9 Å². The summed E-state index contributed by atoms with van der Waals surface area (Å²) in [4.78, 5) is 36.7. The number of benzene rings is 1. The molecule has 0 radical (unpaired) electrons. The number of amides is 2. The van der Waals surface area contributed by atoms with Crippen LogP contribution in [0.15, 0.2) is 46.7 Å². The second kappa shape index (κ2) is 11.6. The Bertz CT molecular complexity index is 984. The fraction of sp³-hybridized carbons (Fsp3) is 0.350. The minimum absolute atomic E-state index is 0.0840. The number of carbonyl (C=O) groups is 3. The van der Waals surface area contributed by atoms with E-state index >= 15 is 0 Å². The number of carbonyl (C=O) groups excluding carboxylic acids is 3. The van der Waals surface area contributed by atoms with Crippen molar-refractivity contribution in [3.8, 4) is 0 Å². The molecule has 0 saturated heterocycles. The van der Waals surface area contributed by atoms with Crippen LogP contribution in [-0.2, 0) is 30.9 Å². The number of rotatable bonds is 11. The summed E-state index contributed by atoms with van der Waals surface area (Å²) >= 11 is 1.50. The highest BCUT2D eigenvalue weighted by Gasteiger charge is 2.21. The zero-order valence-corrected chi connectivity index (χ0v) is 18.9. The number of esters is 1. The number of sulfonamides is 1. The van der Waals surface area contributed by atoms with Crippen LogP contribution >= 0.6 is 11.3 Å². The summed E-state index contributed by atoms with van der Waals surface area (Å²) in [6.45, 7) is 3.66.